The van der Waals surface area contributed by atoms with Gasteiger partial charge in [-0.25, -0.2) is 0 Å². The molecule has 154 valence electrons. The molecule has 3 rings (SSSR count). The van der Waals surface area contributed by atoms with Gasteiger partial charge in [-0.3, -0.25) is 9.59 Å². The summed E-state index contributed by atoms with van der Waals surface area (Å²) >= 11 is 4.47. The van der Waals surface area contributed by atoms with E-state index in [-0.39, 0.29) is 17.5 Å². The third kappa shape index (κ3) is 6.57. The minimum Gasteiger partial charge on any atom is -0.489 e. The first-order valence-corrected chi connectivity index (χ1v) is 10.6. The molecule has 30 heavy (non-hydrogen) atoms. The molecular weight excluding hydrogens is 470 g/mol. The molecule has 2 N–H and O–H groups in total. The van der Waals surface area contributed by atoms with Gasteiger partial charge < -0.3 is 15.2 Å². The first kappa shape index (κ1) is 21.8. The Balaban J connectivity index is 1.63. The lowest BCUT2D eigenvalue weighted by Crippen LogP contribution is -2.26. The summed E-state index contributed by atoms with van der Waals surface area (Å²) in [6.07, 6.45) is 5.16. The van der Waals surface area contributed by atoms with Crippen molar-refractivity contribution in [2.24, 2.45) is 10.2 Å². The quantitative estimate of drug-likeness (QED) is 0.433. The zero-order valence-electron chi connectivity index (χ0n) is 15.7. The van der Waals surface area contributed by atoms with Crippen molar-refractivity contribution < 1.29 is 19.4 Å². The van der Waals surface area contributed by atoms with E-state index in [9.17, 15) is 9.59 Å². The number of carboxylic acid groups (broad SMARTS) is 1. The average Bonchev–Trinajstić information content (AvgIpc) is 3.06. The van der Waals surface area contributed by atoms with Crippen molar-refractivity contribution in [3.05, 3.63) is 70.2 Å². The lowest BCUT2D eigenvalue weighted by Gasteiger charge is -2.07. The topological polar surface area (TPSA) is 100 Å². The molecule has 1 heterocycles. The van der Waals surface area contributed by atoms with E-state index in [0.717, 1.165) is 21.8 Å². The van der Waals surface area contributed by atoms with Crippen LogP contribution in [0.2, 0.25) is 0 Å². The molecule has 2 aromatic rings. The zero-order valence-corrected chi connectivity index (χ0v) is 18.1. The van der Waals surface area contributed by atoms with Crippen LogP contribution in [-0.4, -0.2) is 40.2 Å². The zero-order chi connectivity index (χ0) is 21.3. The van der Waals surface area contributed by atoms with Gasteiger partial charge in [-0.1, -0.05) is 64.1 Å². The van der Waals surface area contributed by atoms with Crippen LogP contribution >= 0.6 is 27.7 Å². The number of hydrogen-bond donors (Lipinski definition) is 2. The third-order valence-corrected chi connectivity index (χ3v) is 5.46. The van der Waals surface area contributed by atoms with Gasteiger partial charge in [0, 0.05) is 10.0 Å². The first-order chi connectivity index (χ1) is 14.5. The molecule has 2 aromatic carbocycles. The van der Waals surface area contributed by atoms with Crippen molar-refractivity contribution in [2.45, 2.75) is 11.7 Å². The summed E-state index contributed by atoms with van der Waals surface area (Å²) in [5.41, 5.74) is 1.80. The van der Waals surface area contributed by atoms with Crippen molar-refractivity contribution in [1.29, 1.82) is 0 Å². The second kappa shape index (κ2) is 10.7. The number of halogens is 1. The van der Waals surface area contributed by atoms with E-state index in [1.54, 1.807) is 0 Å². The largest absolute Gasteiger partial charge is 0.489 e. The van der Waals surface area contributed by atoms with E-state index in [4.69, 9.17) is 9.84 Å². The van der Waals surface area contributed by atoms with Gasteiger partial charge in [-0.15, -0.1) is 5.10 Å². The fourth-order valence-corrected chi connectivity index (χ4v) is 3.82. The smallest absolute Gasteiger partial charge is 0.305 e. The van der Waals surface area contributed by atoms with Crippen LogP contribution in [0.4, 0.5) is 0 Å². The van der Waals surface area contributed by atoms with E-state index in [1.165, 1.54) is 6.21 Å². The van der Waals surface area contributed by atoms with Gasteiger partial charge >= 0.3 is 5.97 Å². The summed E-state index contributed by atoms with van der Waals surface area (Å²) in [4.78, 5) is 22.5. The fraction of sp³-hybridized carbons (Fsp3) is 0.143. The monoisotopic (exact) mass is 487 g/mol. The summed E-state index contributed by atoms with van der Waals surface area (Å²) < 4.78 is 6.68. The molecule has 1 aliphatic heterocycles. The Morgan fingerprint density at radius 1 is 1.27 bits per heavy atom. The molecule has 1 amide bonds. The van der Waals surface area contributed by atoms with Gasteiger partial charge in [0.05, 0.1) is 12.6 Å². The van der Waals surface area contributed by atoms with E-state index >= 15 is 0 Å². The van der Waals surface area contributed by atoms with Crippen LogP contribution in [0.5, 0.6) is 5.75 Å². The van der Waals surface area contributed by atoms with Gasteiger partial charge in [0.1, 0.15) is 17.6 Å². The molecule has 0 radical (unpaired) electrons. The Morgan fingerprint density at radius 3 is 2.83 bits per heavy atom. The van der Waals surface area contributed by atoms with Crippen molar-refractivity contribution in [2.75, 3.05) is 6.61 Å². The second-order valence-electron chi connectivity index (χ2n) is 6.15. The lowest BCUT2D eigenvalue weighted by atomic mass is 10.2. The normalized spacial score (nSPS) is 17.7. The number of rotatable bonds is 8. The number of carbonyl (C=O) groups excluding carboxylic acids is 1. The standard InChI is InChI=1S/C21H18BrN3O4S/c22-16-8-9-17(29-10-4-7-14-5-2-1-3-6-14)15(11-16)13-23-25-21-24-20(28)18(30-21)12-19(26)27/h1-9,11,13,18H,10,12H2,(H,26,27)(H,24,25,28). The number of amides is 1. The Morgan fingerprint density at radius 2 is 2.07 bits per heavy atom. The molecule has 0 aromatic heterocycles. The summed E-state index contributed by atoms with van der Waals surface area (Å²) in [7, 11) is 0. The molecule has 1 atom stereocenters. The van der Waals surface area contributed by atoms with Crippen molar-refractivity contribution in [3.63, 3.8) is 0 Å². The predicted molar refractivity (Wildman–Crippen MR) is 122 cm³/mol. The van der Waals surface area contributed by atoms with Crippen molar-refractivity contribution in [3.8, 4) is 5.75 Å². The molecule has 0 aliphatic carbocycles. The van der Waals surface area contributed by atoms with Gasteiger partial charge in [0.15, 0.2) is 5.17 Å². The highest BCUT2D eigenvalue weighted by atomic mass is 79.9. The lowest BCUT2D eigenvalue weighted by molar-refractivity contribution is -0.138. The molecule has 1 saturated heterocycles. The number of amidine groups is 1. The van der Waals surface area contributed by atoms with Crippen molar-refractivity contribution >= 4 is 57.0 Å². The van der Waals surface area contributed by atoms with Gasteiger partial charge in [0.2, 0.25) is 5.91 Å². The number of ether oxygens (including phenoxy) is 1. The van der Waals surface area contributed by atoms with E-state index in [0.29, 0.717) is 17.9 Å². The number of benzene rings is 2. The van der Waals surface area contributed by atoms with Crippen LogP contribution in [0.3, 0.4) is 0 Å². The van der Waals surface area contributed by atoms with Crippen LogP contribution in [0.25, 0.3) is 6.08 Å². The number of carboxylic acids is 1. The average molecular weight is 488 g/mol. The maximum Gasteiger partial charge on any atom is 0.305 e. The number of carbonyl (C=O) groups is 2. The molecule has 0 saturated carbocycles. The van der Waals surface area contributed by atoms with Crippen LogP contribution in [0.15, 0.2) is 69.3 Å². The molecule has 1 fully saturated rings. The molecule has 1 unspecified atom stereocenters. The predicted octanol–water partition coefficient (Wildman–Crippen LogP) is 3.94. The minimum absolute atomic E-state index is 0.265. The number of aliphatic carboxylic acids is 1. The van der Waals surface area contributed by atoms with E-state index in [2.05, 4.69) is 31.4 Å². The highest BCUT2D eigenvalue weighted by molar-refractivity contribution is 9.10. The summed E-state index contributed by atoms with van der Waals surface area (Å²) in [5.74, 6) is -0.788. The maximum absolute atomic E-state index is 11.7. The van der Waals surface area contributed by atoms with E-state index < -0.39 is 11.2 Å². The third-order valence-electron chi connectivity index (χ3n) is 3.90. The molecule has 9 heteroatoms. The number of nitrogens with zero attached hydrogens (tertiary/aromatic N) is 2. The number of nitrogens with one attached hydrogen (secondary N) is 1. The Kier molecular flexibility index (Phi) is 7.81. The summed E-state index contributed by atoms with van der Waals surface area (Å²) in [6.45, 7) is 0.384. The van der Waals surface area contributed by atoms with Crippen LogP contribution in [0.1, 0.15) is 17.5 Å². The number of hydrogen-bond acceptors (Lipinski definition) is 6. The highest BCUT2D eigenvalue weighted by Crippen LogP contribution is 2.24. The van der Waals surface area contributed by atoms with Crippen LogP contribution < -0.4 is 10.1 Å². The molecule has 0 bridgehead atoms. The van der Waals surface area contributed by atoms with E-state index in [1.807, 2.05) is 60.7 Å². The molecule has 0 spiro atoms. The molecule has 1 aliphatic rings. The Bertz CT molecular complexity index is 1010. The van der Waals surface area contributed by atoms with Crippen LogP contribution in [-0.2, 0) is 9.59 Å². The maximum atomic E-state index is 11.7. The first-order valence-electron chi connectivity index (χ1n) is 8.95. The summed E-state index contributed by atoms with van der Waals surface area (Å²) in [5, 5.41) is 18.9. The highest BCUT2D eigenvalue weighted by Gasteiger charge is 2.32. The Hall–Kier alpha value is -2.91. The number of thioether (sulfide) groups is 1. The summed E-state index contributed by atoms with van der Waals surface area (Å²) in [6, 6.07) is 15.5. The SMILES string of the molecule is O=C(O)CC1SC(=NN=Cc2cc(Br)ccc2OCC=Cc2ccccc2)NC1=O. The van der Waals surface area contributed by atoms with Gasteiger partial charge in [-0.05, 0) is 29.8 Å². The van der Waals surface area contributed by atoms with Crippen molar-refractivity contribution in [1.82, 2.24) is 5.32 Å². The van der Waals surface area contributed by atoms with Crippen LogP contribution in [0, 0.1) is 0 Å². The van der Waals surface area contributed by atoms with Gasteiger partial charge in [-0.2, -0.15) is 5.10 Å². The minimum atomic E-state index is -1.04. The molecule has 7 nitrogen and oxygen atoms in total. The van der Waals surface area contributed by atoms with Gasteiger partial charge in [0.25, 0.3) is 0 Å². The second-order valence-corrected chi connectivity index (χ2v) is 8.26. The Labute approximate surface area is 186 Å². The molecular formula is C21H18BrN3O4S. The fourth-order valence-electron chi connectivity index (χ4n) is 2.53.